The number of fused-ring (bicyclic) bond motifs is 6. The number of phenolic OH excluding ortho intramolecular Hbond substituents is 1. The number of carbonyl (C=O) groups is 1. The Morgan fingerprint density at radius 3 is 2.75 bits per heavy atom. The number of benzene rings is 2. The molecule has 0 aromatic heterocycles. The summed E-state index contributed by atoms with van der Waals surface area (Å²) in [5.41, 5.74) is 13.5. The van der Waals surface area contributed by atoms with Crippen molar-refractivity contribution >= 4 is 12.0 Å². The number of aryl methyl sites for hydroxylation is 1. The predicted molar refractivity (Wildman–Crippen MR) is 221 cm³/mol. The van der Waals surface area contributed by atoms with Crippen molar-refractivity contribution in [2.24, 2.45) is 33.9 Å². The number of aliphatic hydroxyl groups is 3. The Hall–Kier alpha value is -5.14. The van der Waals surface area contributed by atoms with Gasteiger partial charge in [0, 0.05) is 67.7 Å². The molecule has 59 heavy (non-hydrogen) atoms. The van der Waals surface area contributed by atoms with Crippen LogP contribution in [-0.4, -0.2) is 68.8 Å². The summed E-state index contributed by atoms with van der Waals surface area (Å²) in [6.07, 6.45) is 15.6. The highest BCUT2D eigenvalue weighted by Crippen LogP contribution is 2.52. The molecule has 0 amide bonds. The van der Waals surface area contributed by atoms with Crippen molar-refractivity contribution in [2.75, 3.05) is 13.1 Å². The molecule has 7 N–H and O–H groups in total. The predicted octanol–water partition coefficient (Wildman–Crippen LogP) is 5.04. The maximum atomic E-state index is 13.2. The average Bonchev–Trinajstić information content (AvgIpc) is 3.96. The first-order valence-corrected chi connectivity index (χ1v) is 21.1. The molecule has 8 aliphatic rings. The summed E-state index contributed by atoms with van der Waals surface area (Å²) in [5.74, 6) is 9.91. The number of phenols is 1. The van der Waals surface area contributed by atoms with Gasteiger partial charge in [-0.2, -0.15) is 0 Å². The second-order valence-corrected chi connectivity index (χ2v) is 17.7. The minimum atomic E-state index is -1.09. The minimum Gasteiger partial charge on any atom is -0.508 e. The molecule has 1 fully saturated rings. The monoisotopic (exact) mass is 794 g/mol. The fourth-order valence-corrected chi connectivity index (χ4v) is 10.8. The van der Waals surface area contributed by atoms with Gasteiger partial charge in [0.25, 0.3) is 0 Å². The number of hydrogen-bond acceptors (Lipinski definition) is 11. The molecule has 10 atom stereocenters. The van der Waals surface area contributed by atoms with Gasteiger partial charge in [0.2, 0.25) is 0 Å². The molecule has 0 saturated heterocycles. The fourth-order valence-electron chi connectivity index (χ4n) is 10.8. The summed E-state index contributed by atoms with van der Waals surface area (Å²) in [5, 5.41) is 48.2. The quantitative estimate of drug-likeness (QED) is 0.172. The number of allylic oxidation sites excluding steroid dienone is 3. The Kier molecular flexibility index (Phi) is 9.58. The first-order valence-electron chi connectivity index (χ1n) is 21.1. The molecule has 3 aliphatic carbocycles. The molecular formula is C48H50N4O7. The van der Waals surface area contributed by atoms with Crippen LogP contribution < -0.4 is 20.5 Å². The molecule has 11 heteroatoms. The molecule has 1 saturated carbocycles. The van der Waals surface area contributed by atoms with E-state index in [1.54, 1.807) is 6.07 Å². The van der Waals surface area contributed by atoms with Crippen LogP contribution in [0.5, 0.6) is 17.2 Å². The third kappa shape index (κ3) is 6.61. The number of nitrogens with two attached hydrogens (primary N) is 1. The highest BCUT2D eigenvalue weighted by Gasteiger charge is 2.49. The zero-order valence-electron chi connectivity index (χ0n) is 33.1. The average molecular weight is 795 g/mol. The number of nitrogens with one attached hydrogen (secondary N) is 1. The van der Waals surface area contributed by atoms with Crippen LogP contribution in [0.3, 0.4) is 0 Å². The molecule has 5 aliphatic heterocycles. The van der Waals surface area contributed by atoms with Crippen LogP contribution in [0, 0.1) is 47.0 Å². The highest BCUT2D eigenvalue weighted by atomic mass is 16.5. The van der Waals surface area contributed by atoms with Crippen LogP contribution in [0.15, 0.2) is 76.6 Å². The van der Waals surface area contributed by atoms with Crippen molar-refractivity contribution in [1.29, 1.82) is 0 Å². The van der Waals surface area contributed by atoms with E-state index in [0.717, 1.165) is 64.8 Å². The molecule has 2 aromatic carbocycles. The van der Waals surface area contributed by atoms with Gasteiger partial charge in [-0.3, -0.25) is 15.1 Å². The lowest BCUT2D eigenvalue weighted by atomic mass is 9.71. The molecule has 0 radical (unpaired) electrons. The van der Waals surface area contributed by atoms with E-state index in [1.807, 2.05) is 43.6 Å². The van der Waals surface area contributed by atoms with Crippen molar-refractivity contribution in [3.8, 4) is 41.1 Å². The highest BCUT2D eigenvalue weighted by molar-refractivity contribution is 5.90. The smallest absolute Gasteiger partial charge is 0.187 e. The number of ketones is 1. The Morgan fingerprint density at radius 1 is 1.08 bits per heavy atom. The summed E-state index contributed by atoms with van der Waals surface area (Å²) >= 11 is 0. The van der Waals surface area contributed by atoms with Crippen molar-refractivity contribution in [1.82, 2.24) is 10.2 Å². The van der Waals surface area contributed by atoms with E-state index < -0.39 is 41.8 Å². The first kappa shape index (κ1) is 38.1. The number of aromatic hydroxyl groups is 1. The number of rotatable bonds is 6. The zero-order chi connectivity index (χ0) is 40.6. The summed E-state index contributed by atoms with van der Waals surface area (Å²) in [6, 6.07) is 7.20. The van der Waals surface area contributed by atoms with Gasteiger partial charge in [-0.1, -0.05) is 74.0 Å². The molecule has 5 heterocycles. The lowest BCUT2D eigenvalue weighted by molar-refractivity contribution is -0.122. The van der Waals surface area contributed by atoms with Gasteiger partial charge in [0.1, 0.15) is 23.7 Å². The number of carbonyl (C=O) groups excluding carboxylic acids is 1. The third-order valence-electron chi connectivity index (χ3n) is 13.9. The standard InChI is InChI=1S/C48H50N4O7/c1-26-4-8-31(40(56)18-26)41(57)20-29(53)7-5-27-19-43-42(21-39(27)55)58-17-16-48(14-2-3-15-48)36-12-13-38(54)32-10-11-33-44-28(22-51-46(33)49)6-9-30(45(32)44)34-23-50-37-25-52(24-35(34)37)47(36)59-43/h4,6,8-11,19,21,23,25-26,28,30-31,36,38,40-41,46-47,51,54-57H,2-3,5,7,14-15,18,20,22,24,49H2,1H3/t26-,28+,30-,31-,36+,38-,40+,41+,46-,47-/m1/s1. The minimum absolute atomic E-state index is 0.0579. The van der Waals surface area contributed by atoms with Gasteiger partial charge < -0.3 is 40.5 Å². The summed E-state index contributed by atoms with van der Waals surface area (Å²) in [6.45, 7) is 3.23. The van der Waals surface area contributed by atoms with E-state index in [0.29, 0.717) is 30.8 Å². The second-order valence-electron chi connectivity index (χ2n) is 17.7. The number of Topliss-reactive ketones (excluding diaryl/α,β-unsaturated/α-hetero) is 1. The van der Waals surface area contributed by atoms with Crippen LogP contribution in [0.4, 0.5) is 0 Å². The summed E-state index contributed by atoms with van der Waals surface area (Å²) < 4.78 is 13.2. The van der Waals surface area contributed by atoms with E-state index >= 15 is 0 Å². The van der Waals surface area contributed by atoms with Gasteiger partial charge in [0.05, 0.1) is 35.4 Å². The van der Waals surface area contributed by atoms with E-state index in [4.69, 9.17) is 20.2 Å². The van der Waals surface area contributed by atoms with Crippen LogP contribution in [0.25, 0.3) is 0 Å². The van der Waals surface area contributed by atoms with Crippen molar-refractivity contribution in [3.05, 3.63) is 99.4 Å². The molecule has 0 unspecified atom stereocenters. The van der Waals surface area contributed by atoms with Crippen LogP contribution >= 0.6 is 0 Å². The van der Waals surface area contributed by atoms with Crippen LogP contribution in [-0.2, 0) is 11.2 Å². The van der Waals surface area contributed by atoms with Gasteiger partial charge in [-0.05, 0) is 71.1 Å². The first-order chi connectivity index (χ1) is 28.6. The maximum Gasteiger partial charge on any atom is 0.187 e. The van der Waals surface area contributed by atoms with E-state index in [9.17, 15) is 25.2 Å². The Morgan fingerprint density at radius 2 is 1.92 bits per heavy atom. The Bertz CT molecular complexity index is 2390. The Labute approximate surface area is 344 Å². The van der Waals surface area contributed by atoms with Gasteiger partial charge in [0.15, 0.2) is 17.7 Å². The largest absolute Gasteiger partial charge is 0.508 e. The second kappa shape index (κ2) is 14.8. The van der Waals surface area contributed by atoms with Crippen molar-refractivity contribution in [3.63, 3.8) is 0 Å². The molecule has 11 nitrogen and oxygen atoms in total. The zero-order valence-corrected chi connectivity index (χ0v) is 33.1. The van der Waals surface area contributed by atoms with E-state index in [2.05, 4.69) is 46.2 Å². The summed E-state index contributed by atoms with van der Waals surface area (Å²) in [7, 11) is 0. The number of ether oxygens (including phenoxy) is 2. The number of nitrogens with zero attached hydrogens (tertiary/aromatic N) is 2. The van der Waals surface area contributed by atoms with Gasteiger partial charge >= 0.3 is 0 Å². The molecule has 2 bridgehead atoms. The molecule has 304 valence electrons. The molecule has 10 rings (SSSR count). The maximum absolute atomic E-state index is 13.2. The number of aliphatic hydroxyl groups excluding tert-OH is 3. The molecule has 1 spiro atoms. The van der Waals surface area contributed by atoms with Gasteiger partial charge in [-0.15, -0.1) is 0 Å². The van der Waals surface area contributed by atoms with Crippen LogP contribution in [0.1, 0.15) is 104 Å². The van der Waals surface area contributed by atoms with E-state index in [-0.39, 0.29) is 60.5 Å². The summed E-state index contributed by atoms with van der Waals surface area (Å²) in [4.78, 5) is 20.3. The topological polar surface area (TPSA) is 170 Å². The van der Waals surface area contributed by atoms with Crippen molar-refractivity contribution in [2.45, 2.75) is 101 Å². The third-order valence-corrected chi connectivity index (χ3v) is 13.9. The lowest BCUT2D eigenvalue weighted by Gasteiger charge is -2.40. The number of hydrogen-bond donors (Lipinski definition) is 6. The van der Waals surface area contributed by atoms with Crippen molar-refractivity contribution < 1.29 is 34.7 Å². The van der Waals surface area contributed by atoms with E-state index in [1.165, 1.54) is 6.07 Å². The van der Waals surface area contributed by atoms with Crippen LogP contribution in [0.2, 0.25) is 0 Å². The SMILES string of the molecule is C[C@@H]1C=C[C@@H]([C@@H](O)CC(=O)CCc2cc3c(cc2O)OC#CC2(CCCC2)[C@H]2C#C[C@@H](O)c4ccc5c6c4[C@H](C=C[C@H]6CN[C@H]5N)C4=C5CN(C=C5N=C4)[C@@H]2O3)[C@@H](O)C1. The lowest BCUT2D eigenvalue weighted by Crippen LogP contribution is -2.47. The molecule has 2 aromatic rings. The normalized spacial score (nSPS) is 31.9. The molecular weight excluding hydrogens is 745 g/mol. The fraction of sp³-hybridized carbons (Fsp3) is 0.458. The number of aliphatic imine (C=N–C) groups is 1. The Balaban J connectivity index is 1.02. The van der Waals surface area contributed by atoms with Gasteiger partial charge in [-0.25, -0.2) is 0 Å².